The van der Waals surface area contributed by atoms with Crippen molar-refractivity contribution >= 4 is 35.8 Å². The van der Waals surface area contributed by atoms with E-state index in [2.05, 4.69) is 0 Å². The zero-order valence-corrected chi connectivity index (χ0v) is 31.9. The van der Waals surface area contributed by atoms with Crippen molar-refractivity contribution in [3.05, 3.63) is 47.0 Å². The lowest BCUT2D eigenvalue weighted by Crippen LogP contribution is -2.63. The van der Waals surface area contributed by atoms with Crippen LogP contribution < -0.4 is 18.9 Å². The summed E-state index contributed by atoms with van der Waals surface area (Å²) < 4.78 is 62.4. The van der Waals surface area contributed by atoms with Gasteiger partial charge in [-0.05, 0) is 42.2 Å². The molecule has 1 saturated heterocycles. The van der Waals surface area contributed by atoms with Gasteiger partial charge >= 0.3 is 35.8 Å². The number of aryl methyl sites for hydroxylation is 1. The number of fused-ring (bicyclic) bond motifs is 1. The highest BCUT2D eigenvalue weighted by Gasteiger charge is 2.53. The standard InChI is InChI=1S/C38H46O17/c1-19(39)47-13-9-10-25-14-27-28(17-48-20(2)40)33(55-34(27)31(15-25)46-8)26-11-12-29(30(16-26)45-7)53-38-37(52-24(6)44)36(51-23(5)43)35(50-22(4)42)32(54-38)18-49-21(3)41/h11-12,14-16,28,32-33,35-38H,9-10,13,17-18H2,1-8H3/t28-,32+,33-,35+,36-,37+,38+/m0/s1. The molecule has 0 bridgehead atoms. The molecule has 2 heterocycles. The van der Waals surface area contributed by atoms with Crippen LogP contribution in [0.15, 0.2) is 30.3 Å². The molecule has 7 atom stereocenters. The molecule has 17 nitrogen and oxygen atoms in total. The van der Waals surface area contributed by atoms with E-state index in [0.717, 1.165) is 31.9 Å². The first-order valence-electron chi connectivity index (χ1n) is 17.4. The smallest absolute Gasteiger partial charge is 0.303 e. The van der Waals surface area contributed by atoms with Gasteiger partial charge in [0.25, 0.3) is 0 Å². The fraction of sp³-hybridized carbons (Fsp3) is 0.526. The quantitative estimate of drug-likeness (QED) is 0.136. The maximum atomic E-state index is 12.3. The molecule has 0 amide bonds. The minimum Gasteiger partial charge on any atom is -0.493 e. The third-order valence-electron chi connectivity index (χ3n) is 8.46. The molecule has 55 heavy (non-hydrogen) atoms. The molecule has 1 fully saturated rings. The molecule has 2 aliphatic rings. The van der Waals surface area contributed by atoms with Crippen LogP contribution in [0.1, 0.15) is 76.7 Å². The third kappa shape index (κ3) is 11.2. The van der Waals surface area contributed by atoms with E-state index in [-0.39, 0.29) is 30.7 Å². The van der Waals surface area contributed by atoms with Crippen molar-refractivity contribution in [2.45, 2.75) is 97.1 Å². The van der Waals surface area contributed by atoms with E-state index in [1.54, 1.807) is 18.2 Å². The van der Waals surface area contributed by atoms with Gasteiger partial charge in [0.2, 0.25) is 12.4 Å². The Labute approximate surface area is 317 Å². The van der Waals surface area contributed by atoms with E-state index in [0.29, 0.717) is 29.9 Å². The van der Waals surface area contributed by atoms with Crippen LogP contribution >= 0.6 is 0 Å². The molecule has 0 unspecified atom stereocenters. The van der Waals surface area contributed by atoms with Crippen LogP contribution in [0, 0.1) is 0 Å². The van der Waals surface area contributed by atoms with Gasteiger partial charge in [-0.2, -0.15) is 0 Å². The number of ether oxygens (including phenoxy) is 11. The summed E-state index contributed by atoms with van der Waals surface area (Å²) in [6, 6.07) is 8.66. The Morgan fingerprint density at radius 3 is 1.84 bits per heavy atom. The summed E-state index contributed by atoms with van der Waals surface area (Å²) in [5, 5.41) is 0. The van der Waals surface area contributed by atoms with Crippen LogP contribution in [-0.2, 0) is 68.3 Å². The molecular formula is C38H46O17. The summed E-state index contributed by atoms with van der Waals surface area (Å²) in [4.78, 5) is 71.6. The summed E-state index contributed by atoms with van der Waals surface area (Å²) in [5.41, 5.74) is 2.23. The Kier molecular flexibility index (Phi) is 14.7. The van der Waals surface area contributed by atoms with Crippen LogP contribution in [0.5, 0.6) is 23.0 Å². The van der Waals surface area contributed by atoms with E-state index < -0.39 is 79.2 Å². The molecule has 0 spiro atoms. The first-order chi connectivity index (χ1) is 26.1. The van der Waals surface area contributed by atoms with E-state index in [9.17, 15) is 28.8 Å². The number of carbonyl (C=O) groups excluding carboxylic acids is 6. The fourth-order valence-corrected chi connectivity index (χ4v) is 6.30. The Bertz CT molecular complexity index is 1740. The van der Waals surface area contributed by atoms with Gasteiger partial charge in [-0.1, -0.05) is 12.1 Å². The predicted molar refractivity (Wildman–Crippen MR) is 186 cm³/mol. The highest BCUT2D eigenvalue weighted by atomic mass is 16.7. The van der Waals surface area contributed by atoms with Crippen molar-refractivity contribution in [3.63, 3.8) is 0 Å². The van der Waals surface area contributed by atoms with E-state index in [4.69, 9.17) is 52.1 Å². The average molecular weight is 775 g/mol. The number of benzene rings is 2. The third-order valence-corrected chi connectivity index (χ3v) is 8.46. The molecule has 17 heteroatoms. The summed E-state index contributed by atoms with van der Waals surface area (Å²) >= 11 is 0. The Hall–Kier alpha value is -5.58. The van der Waals surface area contributed by atoms with Crippen molar-refractivity contribution < 1.29 is 80.9 Å². The number of esters is 6. The number of rotatable bonds is 16. The average Bonchev–Trinajstić information content (AvgIpc) is 3.48. The zero-order valence-electron chi connectivity index (χ0n) is 31.9. The largest absolute Gasteiger partial charge is 0.493 e. The second kappa shape index (κ2) is 19.1. The van der Waals surface area contributed by atoms with Gasteiger partial charge in [-0.15, -0.1) is 0 Å². The highest BCUT2D eigenvalue weighted by molar-refractivity contribution is 5.69. The molecule has 0 aromatic heterocycles. The van der Waals surface area contributed by atoms with Gasteiger partial charge in [0, 0.05) is 47.1 Å². The summed E-state index contributed by atoms with van der Waals surface area (Å²) in [7, 11) is 2.91. The first kappa shape index (κ1) is 42.2. The normalized spacial score (nSPS) is 22.5. The molecule has 4 rings (SSSR count). The number of methoxy groups -OCH3 is 2. The van der Waals surface area contributed by atoms with Gasteiger partial charge in [-0.3, -0.25) is 28.8 Å². The predicted octanol–water partition coefficient (Wildman–Crippen LogP) is 3.44. The highest BCUT2D eigenvalue weighted by Crippen LogP contribution is 2.52. The first-order valence-corrected chi connectivity index (χ1v) is 17.4. The fourth-order valence-electron chi connectivity index (χ4n) is 6.30. The maximum absolute atomic E-state index is 12.3. The van der Waals surface area contributed by atoms with Gasteiger partial charge in [0.15, 0.2) is 35.2 Å². The topological polar surface area (TPSA) is 204 Å². The molecule has 2 aromatic rings. The lowest BCUT2D eigenvalue weighted by molar-refractivity contribution is -0.288. The van der Waals surface area contributed by atoms with Crippen molar-refractivity contribution in [3.8, 4) is 23.0 Å². The van der Waals surface area contributed by atoms with Crippen LogP contribution in [0.2, 0.25) is 0 Å². The van der Waals surface area contributed by atoms with Crippen LogP contribution in [-0.4, -0.2) is 101 Å². The summed E-state index contributed by atoms with van der Waals surface area (Å²) in [6.45, 7) is 6.96. The molecular weight excluding hydrogens is 728 g/mol. The zero-order chi connectivity index (χ0) is 40.4. The minimum atomic E-state index is -1.51. The van der Waals surface area contributed by atoms with Crippen LogP contribution in [0.25, 0.3) is 0 Å². The lowest BCUT2D eigenvalue weighted by atomic mass is 9.90. The van der Waals surface area contributed by atoms with Gasteiger partial charge in [-0.25, -0.2) is 0 Å². The Balaban J connectivity index is 1.70. The van der Waals surface area contributed by atoms with Gasteiger partial charge in [0.05, 0.1) is 26.7 Å². The monoisotopic (exact) mass is 774 g/mol. The molecule has 0 aliphatic carbocycles. The minimum absolute atomic E-state index is 0.0294. The van der Waals surface area contributed by atoms with Crippen LogP contribution in [0.4, 0.5) is 0 Å². The van der Waals surface area contributed by atoms with E-state index in [1.165, 1.54) is 35.0 Å². The maximum Gasteiger partial charge on any atom is 0.303 e. The van der Waals surface area contributed by atoms with Crippen molar-refractivity contribution in [1.29, 1.82) is 0 Å². The Morgan fingerprint density at radius 2 is 1.24 bits per heavy atom. The second-order valence-corrected chi connectivity index (χ2v) is 12.7. The van der Waals surface area contributed by atoms with E-state index in [1.807, 2.05) is 12.1 Å². The molecule has 2 aliphatic heterocycles. The summed E-state index contributed by atoms with van der Waals surface area (Å²) in [6.07, 6.45) is -6.58. The van der Waals surface area contributed by atoms with Gasteiger partial charge < -0.3 is 52.1 Å². The molecule has 300 valence electrons. The van der Waals surface area contributed by atoms with Crippen molar-refractivity contribution in [2.24, 2.45) is 0 Å². The molecule has 0 N–H and O–H groups in total. The molecule has 0 radical (unpaired) electrons. The molecule has 0 saturated carbocycles. The van der Waals surface area contributed by atoms with Crippen molar-refractivity contribution in [2.75, 3.05) is 34.0 Å². The van der Waals surface area contributed by atoms with E-state index >= 15 is 0 Å². The number of hydrogen-bond donors (Lipinski definition) is 0. The lowest BCUT2D eigenvalue weighted by Gasteiger charge is -2.44. The summed E-state index contributed by atoms with van der Waals surface area (Å²) in [5.74, 6) is -3.16. The second-order valence-electron chi connectivity index (χ2n) is 12.7. The number of hydrogen-bond acceptors (Lipinski definition) is 17. The van der Waals surface area contributed by atoms with Gasteiger partial charge in [0.1, 0.15) is 25.4 Å². The number of carbonyl (C=O) groups is 6. The Morgan fingerprint density at radius 1 is 0.636 bits per heavy atom. The van der Waals surface area contributed by atoms with Crippen LogP contribution in [0.3, 0.4) is 0 Å². The van der Waals surface area contributed by atoms with Crippen molar-refractivity contribution in [1.82, 2.24) is 0 Å². The molecule has 2 aromatic carbocycles. The SMILES string of the molecule is COc1cc([C@@H]2Oc3c(OC)cc(CCCOC(C)=O)cc3[C@@H]2COC(C)=O)ccc1O[C@@H]1O[C@H](COC(C)=O)[C@@H](OC(C)=O)[C@H](OC(C)=O)[C@H]1OC(C)=O.